The van der Waals surface area contributed by atoms with Crippen LogP contribution in [-0.2, 0) is 0 Å². The molecule has 1 fully saturated rings. The second-order valence-corrected chi connectivity index (χ2v) is 6.33. The third-order valence-corrected chi connectivity index (χ3v) is 4.73. The zero-order valence-corrected chi connectivity index (χ0v) is 14.2. The molecule has 0 unspecified atom stereocenters. The molecule has 0 atom stereocenters. The van der Waals surface area contributed by atoms with Gasteiger partial charge in [0.15, 0.2) is 0 Å². The van der Waals surface area contributed by atoms with Crippen LogP contribution in [0.25, 0.3) is 11.1 Å². The predicted octanol–water partition coefficient (Wildman–Crippen LogP) is 3.30. The minimum atomic E-state index is 0.546. The van der Waals surface area contributed by atoms with E-state index in [2.05, 4.69) is 31.0 Å². The van der Waals surface area contributed by atoms with Crippen molar-refractivity contribution in [3.8, 4) is 0 Å². The fourth-order valence-corrected chi connectivity index (χ4v) is 3.48. The molecule has 3 aromatic rings. The Hall–Kier alpha value is -2.34. The first-order valence-electron chi connectivity index (χ1n) is 8.05. The van der Waals surface area contributed by atoms with Gasteiger partial charge in [0.25, 0.3) is 5.71 Å². The van der Waals surface area contributed by atoms with E-state index in [-0.39, 0.29) is 0 Å². The number of aromatic nitrogens is 3. The maximum atomic E-state index is 6.35. The van der Waals surface area contributed by atoms with Crippen LogP contribution in [0.4, 0.5) is 11.5 Å². The minimum Gasteiger partial charge on any atom is -0.368 e. The Labute approximate surface area is 145 Å². The van der Waals surface area contributed by atoms with Gasteiger partial charge in [0, 0.05) is 26.2 Å². The van der Waals surface area contributed by atoms with Crippen molar-refractivity contribution in [1.29, 1.82) is 0 Å². The van der Waals surface area contributed by atoms with Crippen LogP contribution < -0.4 is 9.80 Å². The highest BCUT2D eigenvalue weighted by Gasteiger charge is 2.21. The van der Waals surface area contributed by atoms with Crippen molar-refractivity contribution in [3.05, 3.63) is 41.3 Å². The molecule has 1 aliphatic rings. The van der Waals surface area contributed by atoms with Gasteiger partial charge in [-0.2, -0.15) is 4.98 Å². The molecule has 7 heteroatoms. The smallest absolute Gasteiger partial charge is 0.263 e. The van der Waals surface area contributed by atoms with Gasteiger partial charge < -0.3 is 14.3 Å². The van der Waals surface area contributed by atoms with Crippen molar-refractivity contribution in [2.45, 2.75) is 13.3 Å². The Morgan fingerprint density at radius 3 is 2.71 bits per heavy atom. The fraction of sp³-hybridized carbons (Fsp3) is 0.353. The van der Waals surface area contributed by atoms with E-state index in [0.29, 0.717) is 5.71 Å². The van der Waals surface area contributed by atoms with Crippen LogP contribution in [0.1, 0.15) is 12.1 Å². The molecule has 0 spiro atoms. The van der Waals surface area contributed by atoms with Gasteiger partial charge in [-0.3, -0.25) is 0 Å². The van der Waals surface area contributed by atoms with Crippen LogP contribution in [0, 0.1) is 6.92 Å². The molecular formula is C17H18ClN5O. The van der Waals surface area contributed by atoms with Crippen molar-refractivity contribution < 1.29 is 4.52 Å². The molecule has 0 amide bonds. The predicted molar refractivity (Wildman–Crippen MR) is 94.8 cm³/mol. The SMILES string of the molecule is Cc1noc2ncnc(N3CCCN(c4ccccc4Cl)CC3)c12. The molecule has 0 aliphatic carbocycles. The molecule has 2 aromatic heterocycles. The van der Waals surface area contributed by atoms with Gasteiger partial charge in [0.1, 0.15) is 17.5 Å². The van der Waals surface area contributed by atoms with E-state index in [0.717, 1.165) is 60.2 Å². The summed E-state index contributed by atoms with van der Waals surface area (Å²) in [5, 5.41) is 5.72. The van der Waals surface area contributed by atoms with Crippen molar-refractivity contribution in [2.24, 2.45) is 0 Å². The second-order valence-electron chi connectivity index (χ2n) is 5.92. The number of hydrogen-bond acceptors (Lipinski definition) is 6. The van der Waals surface area contributed by atoms with E-state index in [1.165, 1.54) is 0 Å². The maximum Gasteiger partial charge on any atom is 0.263 e. The molecule has 0 saturated carbocycles. The van der Waals surface area contributed by atoms with E-state index >= 15 is 0 Å². The molecular weight excluding hydrogens is 326 g/mol. The Morgan fingerprint density at radius 2 is 1.83 bits per heavy atom. The van der Waals surface area contributed by atoms with Crippen molar-refractivity contribution in [3.63, 3.8) is 0 Å². The summed E-state index contributed by atoms with van der Waals surface area (Å²) >= 11 is 6.35. The molecule has 24 heavy (non-hydrogen) atoms. The first kappa shape index (κ1) is 15.2. The van der Waals surface area contributed by atoms with E-state index in [9.17, 15) is 0 Å². The number of rotatable bonds is 2. The lowest BCUT2D eigenvalue weighted by Crippen LogP contribution is -2.31. The minimum absolute atomic E-state index is 0.546. The van der Waals surface area contributed by atoms with E-state index < -0.39 is 0 Å². The Morgan fingerprint density at radius 1 is 1.04 bits per heavy atom. The highest BCUT2D eigenvalue weighted by atomic mass is 35.5. The average molecular weight is 344 g/mol. The monoisotopic (exact) mass is 343 g/mol. The standard InChI is InChI=1S/C17H18ClN5O/c1-12-15-16(19-11-20-17(15)24-21-12)23-8-4-7-22(9-10-23)14-6-3-2-5-13(14)18/h2-3,5-6,11H,4,7-10H2,1H3. The Kier molecular flexibility index (Phi) is 3.98. The quantitative estimate of drug-likeness (QED) is 0.711. The number of anilines is 2. The van der Waals surface area contributed by atoms with Crippen LogP contribution in [0.2, 0.25) is 5.02 Å². The van der Waals surface area contributed by atoms with Crippen LogP contribution >= 0.6 is 11.6 Å². The summed E-state index contributed by atoms with van der Waals surface area (Å²) in [6.45, 7) is 5.57. The summed E-state index contributed by atoms with van der Waals surface area (Å²) in [5.41, 5.74) is 2.47. The van der Waals surface area contributed by atoms with Gasteiger partial charge in [-0.15, -0.1) is 0 Å². The van der Waals surface area contributed by atoms with Crippen LogP contribution in [0.5, 0.6) is 0 Å². The Bertz CT molecular complexity index is 865. The van der Waals surface area contributed by atoms with Crippen molar-refractivity contribution >= 4 is 34.2 Å². The average Bonchev–Trinajstić information content (AvgIpc) is 2.83. The number of benzene rings is 1. The van der Waals surface area contributed by atoms with Gasteiger partial charge in [-0.25, -0.2) is 4.98 Å². The lowest BCUT2D eigenvalue weighted by atomic mass is 10.2. The summed E-state index contributed by atoms with van der Waals surface area (Å²) in [5.74, 6) is 0.903. The number of para-hydroxylation sites is 1. The largest absolute Gasteiger partial charge is 0.368 e. The number of aryl methyl sites for hydroxylation is 1. The van der Waals surface area contributed by atoms with Crippen molar-refractivity contribution in [2.75, 3.05) is 36.0 Å². The van der Waals surface area contributed by atoms with E-state index in [1.54, 1.807) is 6.33 Å². The summed E-state index contributed by atoms with van der Waals surface area (Å²) in [6, 6.07) is 8.00. The molecule has 124 valence electrons. The highest BCUT2D eigenvalue weighted by molar-refractivity contribution is 6.33. The number of halogens is 1. The number of nitrogens with zero attached hydrogens (tertiary/aromatic N) is 5. The van der Waals surface area contributed by atoms with Gasteiger partial charge in [-0.05, 0) is 25.5 Å². The molecule has 0 bridgehead atoms. The summed E-state index contributed by atoms with van der Waals surface area (Å²) in [7, 11) is 0. The molecule has 0 radical (unpaired) electrons. The van der Waals surface area contributed by atoms with Crippen LogP contribution in [0.3, 0.4) is 0 Å². The molecule has 0 N–H and O–H groups in total. The van der Waals surface area contributed by atoms with E-state index in [1.807, 2.05) is 25.1 Å². The molecule has 1 saturated heterocycles. The zero-order valence-electron chi connectivity index (χ0n) is 13.4. The zero-order chi connectivity index (χ0) is 16.5. The first-order chi connectivity index (χ1) is 11.7. The topological polar surface area (TPSA) is 58.3 Å². The molecule has 1 aliphatic heterocycles. The second kappa shape index (κ2) is 6.28. The molecule has 6 nitrogen and oxygen atoms in total. The number of fused-ring (bicyclic) bond motifs is 1. The Balaban J connectivity index is 1.61. The van der Waals surface area contributed by atoms with Crippen molar-refractivity contribution in [1.82, 2.24) is 15.1 Å². The van der Waals surface area contributed by atoms with Crippen LogP contribution in [-0.4, -0.2) is 41.3 Å². The lowest BCUT2D eigenvalue weighted by molar-refractivity contribution is 0.442. The first-order valence-corrected chi connectivity index (χ1v) is 8.43. The lowest BCUT2D eigenvalue weighted by Gasteiger charge is -2.25. The third-order valence-electron chi connectivity index (χ3n) is 4.41. The molecule has 3 heterocycles. The summed E-state index contributed by atoms with van der Waals surface area (Å²) in [6.07, 6.45) is 2.57. The van der Waals surface area contributed by atoms with Gasteiger partial charge in [0.05, 0.1) is 16.4 Å². The van der Waals surface area contributed by atoms with Gasteiger partial charge in [-0.1, -0.05) is 28.9 Å². The third kappa shape index (κ3) is 2.67. The summed E-state index contributed by atoms with van der Waals surface area (Å²) in [4.78, 5) is 13.3. The number of hydrogen-bond donors (Lipinski definition) is 0. The molecule has 1 aromatic carbocycles. The normalized spacial score (nSPS) is 15.8. The maximum absolute atomic E-state index is 6.35. The molecule has 4 rings (SSSR count). The highest BCUT2D eigenvalue weighted by Crippen LogP contribution is 2.29. The van der Waals surface area contributed by atoms with E-state index in [4.69, 9.17) is 16.1 Å². The van der Waals surface area contributed by atoms with Gasteiger partial charge in [0.2, 0.25) is 0 Å². The fourth-order valence-electron chi connectivity index (χ4n) is 3.22. The summed E-state index contributed by atoms with van der Waals surface area (Å²) < 4.78 is 5.26. The van der Waals surface area contributed by atoms with Gasteiger partial charge >= 0.3 is 0 Å². The van der Waals surface area contributed by atoms with Crippen LogP contribution in [0.15, 0.2) is 35.1 Å².